The lowest BCUT2D eigenvalue weighted by Crippen LogP contribution is -2.34. The van der Waals surface area contributed by atoms with E-state index in [1.807, 2.05) is 24.3 Å². The van der Waals surface area contributed by atoms with Crippen molar-refractivity contribution in [1.29, 1.82) is 0 Å². The largest absolute Gasteiger partial charge is 0.387 e. The minimum Gasteiger partial charge on any atom is -0.387 e. The monoisotopic (exact) mass is 424 g/mol. The molecule has 0 saturated carbocycles. The van der Waals surface area contributed by atoms with Crippen LogP contribution >= 0.6 is 12.4 Å². The zero-order valence-electron chi connectivity index (χ0n) is 15.6. The third-order valence-electron chi connectivity index (χ3n) is 5.05. The molecule has 0 aliphatic heterocycles. The van der Waals surface area contributed by atoms with Gasteiger partial charge in [-0.2, -0.15) is 0 Å². The van der Waals surface area contributed by atoms with Crippen LogP contribution in [0.15, 0.2) is 47.4 Å². The number of carbonyl (C=O) groups is 1. The number of nitrogens with one attached hydrogen (secondary N) is 1. The first kappa shape index (κ1) is 22.5. The molecule has 0 unspecified atom stereocenters. The van der Waals surface area contributed by atoms with Crippen LogP contribution in [0.3, 0.4) is 0 Å². The summed E-state index contributed by atoms with van der Waals surface area (Å²) in [7, 11) is -3.84. The lowest BCUT2D eigenvalue weighted by molar-refractivity contribution is 0.0895. The van der Waals surface area contributed by atoms with Crippen molar-refractivity contribution in [2.75, 3.05) is 13.1 Å². The van der Waals surface area contributed by atoms with E-state index in [1.165, 1.54) is 6.07 Å². The second-order valence-electron chi connectivity index (χ2n) is 7.00. The van der Waals surface area contributed by atoms with Gasteiger partial charge in [-0.15, -0.1) is 12.4 Å². The summed E-state index contributed by atoms with van der Waals surface area (Å²) in [5, 5.41) is 18.7. The van der Waals surface area contributed by atoms with Crippen molar-refractivity contribution in [2.45, 2.75) is 30.8 Å². The van der Waals surface area contributed by atoms with Crippen molar-refractivity contribution >= 4 is 28.2 Å². The smallest absolute Gasteiger partial charge is 0.238 e. The van der Waals surface area contributed by atoms with Gasteiger partial charge in [0.1, 0.15) is 0 Å². The van der Waals surface area contributed by atoms with Crippen LogP contribution in [-0.2, 0) is 16.4 Å². The molecule has 0 bridgehead atoms. The molecule has 0 spiro atoms. The van der Waals surface area contributed by atoms with Crippen molar-refractivity contribution < 1.29 is 18.3 Å². The first-order valence-electron chi connectivity index (χ1n) is 8.91. The minimum absolute atomic E-state index is 0. The Hall–Kier alpha value is -1.77. The van der Waals surface area contributed by atoms with Crippen LogP contribution in [-0.4, -0.2) is 32.4 Å². The molecule has 3 rings (SSSR count). The molecule has 2 aromatic carbocycles. The maximum Gasteiger partial charge on any atom is 0.238 e. The summed E-state index contributed by atoms with van der Waals surface area (Å²) in [6.45, 7) is 2.34. The summed E-state index contributed by atoms with van der Waals surface area (Å²) in [6.07, 6.45) is 0.753. The van der Waals surface area contributed by atoms with E-state index in [1.54, 1.807) is 19.1 Å². The number of ketones is 1. The molecule has 0 fully saturated rings. The highest BCUT2D eigenvalue weighted by molar-refractivity contribution is 7.89. The van der Waals surface area contributed by atoms with Crippen molar-refractivity contribution in [1.82, 2.24) is 5.32 Å². The van der Waals surface area contributed by atoms with E-state index in [4.69, 9.17) is 5.14 Å². The molecular weight excluding hydrogens is 400 g/mol. The number of aliphatic hydroxyl groups excluding tert-OH is 1. The van der Waals surface area contributed by atoms with E-state index in [2.05, 4.69) is 5.32 Å². The van der Waals surface area contributed by atoms with E-state index >= 15 is 0 Å². The van der Waals surface area contributed by atoms with Gasteiger partial charge < -0.3 is 10.4 Å². The van der Waals surface area contributed by atoms with E-state index in [-0.39, 0.29) is 35.5 Å². The van der Waals surface area contributed by atoms with Crippen LogP contribution in [0.1, 0.15) is 39.6 Å². The van der Waals surface area contributed by atoms with Gasteiger partial charge in [0.15, 0.2) is 5.78 Å². The Balaban J connectivity index is 0.00000280. The summed E-state index contributed by atoms with van der Waals surface area (Å²) in [6, 6.07) is 12.4. The summed E-state index contributed by atoms with van der Waals surface area (Å²) in [4.78, 5) is 12.6. The van der Waals surface area contributed by atoms with Gasteiger partial charge in [-0.05, 0) is 42.5 Å². The Bertz CT molecular complexity index is 962. The lowest BCUT2D eigenvalue weighted by atomic mass is 9.83. The summed E-state index contributed by atoms with van der Waals surface area (Å²) < 4.78 is 23.3. The van der Waals surface area contributed by atoms with Gasteiger partial charge >= 0.3 is 0 Å². The van der Waals surface area contributed by atoms with Crippen LogP contribution in [0.5, 0.6) is 0 Å². The Morgan fingerprint density at radius 3 is 2.68 bits per heavy atom. The van der Waals surface area contributed by atoms with Gasteiger partial charge in [0.05, 0.1) is 11.0 Å². The number of aliphatic hydroxyl groups is 1. The van der Waals surface area contributed by atoms with Crippen molar-refractivity contribution in [3.05, 3.63) is 64.7 Å². The number of benzene rings is 2. The standard InChI is InChI=1S/C20H24N2O4S.ClH/c1-13-6-7-15(10-19(13)27(21,25)26)18(23)12-22-11-16-9-8-14-4-2-3-5-17(14)20(16)24;/h2-7,10,16,18,22-23H,8-9,11-12H2,1H3,(H2,21,25,26);1H/t16-,18+;/m1./s1. The molecule has 1 aliphatic rings. The first-order valence-corrected chi connectivity index (χ1v) is 10.5. The Morgan fingerprint density at radius 1 is 1.25 bits per heavy atom. The second-order valence-corrected chi connectivity index (χ2v) is 8.53. The van der Waals surface area contributed by atoms with Gasteiger partial charge in [-0.3, -0.25) is 4.79 Å². The van der Waals surface area contributed by atoms with Gasteiger partial charge in [0.25, 0.3) is 0 Å². The quantitative estimate of drug-likeness (QED) is 0.658. The number of rotatable bonds is 6. The summed E-state index contributed by atoms with van der Waals surface area (Å²) in [5.41, 5.74) is 2.88. The van der Waals surface area contributed by atoms with Crippen molar-refractivity contribution in [2.24, 2.45) is 11.1 Å². The number of hydrogen-bond donors (Lipinski definition) is 3. The molecule has 28 heavy (non-hydrogen) atoms. The predicted octanol–water partition coefficient (Wildman–Crippen LogP) is 2.13. The van der Waals surface area contributed by atoms with Crippen LogP contribution in [0.2, 0.25) is 0 Å². The minimum atomic E-state index is -3.84. The van der Waals surface area contributed by atoms with E-state index in [0.29, 0.717) is 17.7 Å². The molecule has 1 aliphatic carbocycles. The molecule has 0 heterocycles. The molecule has 0 aromatic heterocycles. The highest BCUT2D eigenvalue weighted by atomic mass is 35.5. The molecule has 0 radical (unpaired) electrons. The van der Waals surface area contributed by atoms with Crippen molar-refractivity contribution in [3.8, 4) is 0 Å². The topological polar surface area (TPSA) is 109 Å². The summed E-state index contributed by atoms with van der Waals surface area (Å²) >= 11 is 0. The molecular formula is C20H25ClN2O4S. The maximum atomic E-state index is 12.6. The SMILES string of the molecule is Cc1ccc([C@@H](O)CNC[C@H]2CCc3ccccc3C2=O)cc1S(N)(=O)=O.Cl. The fourth-order valence-electron chi connectivity index (χ4n) is 3.50. The fraction of sp³-hybridized carbons (Fsp3) is 0.350. The number of nitrogens with two attached hydrogens (primary N) is 1. The predicted molar refractivity (Wildman–Crippen MR) is 110 cm³/mol. The lowest BCUT2D eigenvalue weighted by Gasteiger charge is -2.24. The van der Waals surface area contributed by atoms with Crippen LogP contribution in [0.4, 0.5) is 0 Å². The van der Waals surface area contributed by atoms with E-state index in [0.717, 1.165) is 24.0 Å². The van der Waals surface area contributed by atoms with Crippen LogP contribution in [0, 0.1) is 12.8 Å². The molecule has 152 valence electrons. The highest BCUT2D eigenvalue weighted by Gasteiger charge is 2.26. The fourth-order valence-corrected chi connectivity index (χ4v) is 4.31. The molecule has 8 heteroatoms. The third kappa shape index (κ3) is 4.98. The second kappa shape index (κ2) is 9.15. The number of halogens is 1. The number of carbonyl (C=O) groups excluding carboxylic acids is 1. The van der Waals surface area contributed by atoms with Crippen LogP contribution < -0.4 is 10.5 Å². The van der Waals surface area contributed by atoms with Gasteiger partial charge in [0.2, 0.25) is 10.0 Å². The van der Waals surface area contributed by atoms with E-state index < -0.39 is 16.1 Å². The first-order chi connectivity index (χ1) is 12.8. The van der Waals surface area contributed by atoms with Crippen molar-refractivity contribution in [3.63, 3.8) is 0 Å². The zero-order chi connectivity index (χ0) is 19.6. The van der Waals surface area contributed by atoms with Gasteiger partial charge in [-0.1, -0.05) is 36.4 Å². The molecule has 2 aromatic rings. The zero-order valence-corrected chi connectivity index (χ0v) is 17.2. The Labute approximate surface area is 171 Å². The van der Waals surface area contributed by atoms with Crippen LogP contribution in [0.25, 0.3) is 0 Å². The normalized spacial score (nSPS) is 17.5. The van der Waals surface area contributed by atoms with Gasteiger partial charge in [0, 0.05) is 24.6 Å². The Kier molecular flexibility index (Phi) is 7.36. The number of primary sulfonamides is 1. The maximum absolute atomic E-state index is 12.6. The average Bonchev–Trinajstić information content (AvgIpc) is 2.63. The number of Topliss-reactive ketones (excluding diaryl/α,β-unsaturated/α-hetero) is 1. The average molecular weight is 425 g/mol. The molecule has 0 saturated heterocycles. The number of sulfonamides is 1. The summed E-state index contributed by atoms with van der Waals surface area (Å²) in [5.74, 6) is 0.00999. The number of aryl methyl sites for hydroxylation is 2. The molecule has 0 amide bonds. The number of fused-ring (bicyclic) bond motifs is 1. The highest BCUT2D eigenvalue weighted by Crippen LogP contribution is 2.25. The Morgan fingerprint density at radius 2 is 1.96 bits per heavy atom. The molecule has 2 atom stereocenters. The molecule has 6 nitrogen and oxygen atoms in total. The molecule has 4 N–H and O–H groups in total. The van der Waals surface area contributed by atoms with E-state index in [9.17, 15) is 18.3 Å². The van der Waals surface area contributed by atoms with Gasteiger partial charge in [-0.25, -0.2) is 13.6 Å². The number of hydrogen-bond acceptors (Lipinski definition) is 5. The third-order valence-corrected chi connectivity index (χ3v) is 6.10.